The monoisotopic (exact) mass is 492 g/mol. The van der Waals surface area contributed by atoms with Gasteiger partial charge in [-0.15, -0.1) is 0 Å². The minimum Gasteiger partial charge on any atom is -0.493 e. The van der Waals surface area contributed by atoms with Crippen molar-refractivity contribution in [3.8, 4) is 11.5 Å². The van der Waals surface area contributed by atoms with Gasteiger partial charge in [-0.05, 0) is 71.8 Å². The van der Waals surface area contributed by atoms with E-state index in [0.717, 1.165) is 23.2 Å². The van der Waals surface area contributed by atoms with E-state index in [4.69, 9.17) is 26.1 Å². The van der Waals surface area contributed by atoms with E-state index in [-0.39, 0.29) is 5.91 Å². The van der Waals surface area contributed by atoms with Gasteiger partial charge >= 0.3 is 0 Å². The second-order valence-corrected chi connectivity index (χ2v) is 9.07. The van der Waals surface area contributed by atoms with Crippen LogP contribution < -0.4 is 9.47 Å². The number of carbonyl (C=O) groups excluding carboxylic acids is 1. The molecule has 0 unspecified atom stereocenters. The third-order valence-electron chi connectivity index (χ3n) is 5.11. The zero-order valence-electron chi connectivity index (χ0n) is 19.0. The van der Waals surface area contributed by atoms with Gasteiger partial charge in [0.05, 0.1) is 17.7 Å². The number of methoxy groups -OCH3 is 1. The number of benzene rings is 3. The van der Waals surface area contributed by atoms with E-state index in [1.165, 1.54) is 11.8 Å². The van der Waals surface area contributed by atoms with Crippen LogP contribution in [0, 0.1) is 0 Å². The van der Waals surface area contributed by atoms with Crippen LogP contribution >= 0.6 is 23.4 Å². The van der Waals surface area contributed by atoms with E-state index in [9.17, 15) is 4.79 Å². The van der Waals surface area contributed by atoms with Crippen LogP contribution in [0.1, 0.15) is 24.5 Å². The molecule has 34 heavy (non-hydrogen) atoms. The number of nitrogens with zero attached hydrogens (tertiary/aromatic N) is 2. The number of amidine groups is 1. The Bertz CT molecular complexity index is 1210. The number of carbonyl (C=O) groups is 1. The highest BCUT2D eigenvalue weighted by molar-refractivity contribution is 8.18. The molecule has 4 rings (SSSR count). The summed E-state index contributed by atoms with van der Waals surface area (Å²) in [6, 6.07) is 22.8. The number of aliphatic imine (C=N–C) groups is 1. The second kappa shape index (κ2) is 11.3. The quantitative estimate of drug-likeness (QED) is 0.319. The Morgan fingerprint density at radius 2 is 1.79 bits per heavy atom. The van der Waals surface area contributed by atoms with Crippen LogP contribution in [0.25, 0.3) is 6.08 Å². The van der Waals surface area contributed by atoms with Gasteiger partial charge < -0.3 is 9.47 Å². The Kier molecular flexibility index (Phi) is 7.93. The zero-order valence-corrected chi connectivity index (χ0v) is 20.6. The Balaban J connectivity index is 1.54. The molecular formula is C27H25ClN2O3S. The lowest BCUT2D eigenvalue weighted by atomic mass is 10.1. The first-order valence-electron chi connectivity index (χ1n) is 11.0. The number of hydrogen-bond donors (Lipinski definition) is 0. The maximum atomic E-state index is 13.1. The number of halogens is 1. The van der Waals surface area contributed by atoms with E-state index in [2.05, 4.69) is 0 Å². The summed E-state index contributed by atoms with van der Waals surface area (Å²) in [5.74, 6) is 1.19. The molecule has 7 heteroatoms. The van der Waals surface area contributed by atoms with Crippen molar-refractivity contribution in [1.82, 2.24) is 4.90 Å². The highest BCUT2D eigenvalue weighted by atomic mass is 35.5. The van der Waals surface area contributed by atoms with Gasteiger partial charge in [0, 0.05) is 11.6 Å². The second-order valence-electron chi connectivity index (χ2n) is 7.62. The van der Waals surface area contributed by atoms with Gasteiger partial charge in [0.15, 0.2) is 16.7 Å². The molecular weight excluding hydrogens is 468 g/mol. The third-order valence-corrected chi connectivity index (χ3v) is 6.37. The van der Waals surface area contributed by atoms with Crippen LogP contribution in [0.5, 0.6) is 11.5 Å². The van der Waals surface area contributed by atoms with Crippen LogP contribution in [0.2, 0.25) is 5.02 Å². The normalized spacial score (nSPS) is 15.9. The molecule has 0 atom stereocenters. The largest absolute Gasteiger partial charge is 0.493 e. The van der Waals surface area contributed by atoms with Crippen molar-refractivity contribution < 1.29 is 14.3 Å². The van der Waals surface area contributed by atoms with Crippen LogP contribution in [0.15, 0.2) is 82.7 Å². The number of amides is 1. The summed E-state index contributed by atoms with van der Waals surface area (Å²) in [5, 5.41) is 1.38. The van der Waals surface area contributed by atoms with Crippen molar-refractivity contribution >= 4 is 46.2 Å². The van der Waals surface area contributed by atoms with Gasteiger partial charge in [0.1, 0.15) is 6.61 Å². The maximum absolute atomic E-state index is 13.1. The standard InChI is InChI=1S/C27H25ClN2O3S/c1-3-15-30-26(31)25(34-27(30)29-22-7-5-4-6-8-22)17-20-11-14-23(24(16-20)32-2)33-18-19-9-12-21(28)13-10-19/h4-14,16-17H,3,15,18H2,1-2H3/b25-17+,29-27?. The fourth-order valence-corrected chi connectivity index (χ4v) is 4.56. The first kappa shape index (κ1) is 23.9. The van der Waals surface area contributed by atoms with E-state index < -0.39 is 0 Å². The molecule has 0 radical (unpaired) electrons. The predicted molar refractivity (Wildman–Crippen MR) is 140 cm³/mol. The molecule has 1 fully saturated rings. The number of ether oxygens (including phenoxy) is 2. The molecule has 1 amide bonds. The summed E-state index contributed by atoms with van der Waals surface area (Å²) in [7, 11) is 1.60. The van der Waals surface area contributed by atoms with Crippen molar-refractivity contribution in [2.24, 2.45) is 4.99 Å². The topological polar surface area (TPSA) is 51.1 Å². The SMILES string of the molecule is CCCN1C(=O)/C(=C\c2ccc(OCc3ccc(Cl)cc3)c(OC)c2)SC1=Nc1ccccc1. The zero-order chi connectivity index (χ0) is 23.9. The lowest BCUT2D eigenvalue weighted by molar-refractivity contribution is -0.122. The summed E-state index contributed by atoms with van der Waals surface area (Å²) >= 11 is 7.34. The van der Waals surface area contributed by atoms with Crippen molar-refractivity contribution in [1.29, 1.82) is 0 Å². The Morgan fingerprint density at radius 1 is 1.03 bits per heavy atom. The van der Waals surface area contributed by atoms with Crippen molar-refractivity contribution in [2.75, 3.05) is 13.7 Å². The van der Waals surface area contributed by atoms with Crippen LogP contribution in [-0.2, 0) is 11.4 Å². The summed E-state index contributed by atoms with van der Waals surface area (Å²) < 4.78 is 11.5. The molecule has 0 spiro atoms. The average Bonchev–Trinajstić information content (AvgIpc) is 3.14. The summed E-state index contributed by atoms with van der Waals surface area (Å²) in [4.78, 5) is 20.2. The molecule has 3 aromatic rings. The molecule has 174 valence electrons. The highest BCUT2D eigenvalue weighted by Crippen LogP contribution is 2.36. The molecule has 5 nitrogen and oxygen atoms in total. The summed E-state index contributed by atoms with van der Waals surface area (Å²) in [5.41, 5.74) is 2.68. The minimum atomic E-state index is -0.0384. The highest BCUT2D eigenvalue weighted by Gasteiger charge is 2.32. The fourth-order valence-electron chi connectivity index (χ4n) is 3.41. The molecule has 0 bridgehead atoms. The summed E-state index contributed by atoms with van der Waals surface area (Å²) in [6.07, 6.45) is 2.72. The molecule has 0 aliphatic carbocycles. The first-order valence-corrected chi connectivity index (χ1v) is 12.2. The number of para-hydroxylation sites is 1. The fraction of sp³-hybridized carbons (Fsp3) is 0.185. The van der Waals surface area contributed by atoms with Crippen molar-refractivity contribution in [3.05, 3.63) is 93.9 Å². The van der Waals surface area contributed by atoms with Gasteiger partial charge in [-0.2, -0.15) is 0 Å². The molecule has 1 saturated heterocycles. The van der Waals surface area contributed by atoms with Crippen LogP contribution in [-0.4, -0.2) is 29.6 Å². The minimum absolute atomic E-state index is 0.0384. The lowest BCUT2D eigenvalue weighted by Gasteiger charge is -2.14. The van der Waals surface area contributed by atoms with Crippen LogP contribution in [0.3, 0.4) is 0 Å². The molecule has 0 saturated carbocycles. The van der Waals surface area contributed by atoms with Gasteiger partial charge in [-0.3, -0.25) is 9.69 Å². The lowest BCUT2D eigenvalue weighted by Crippen LogP contribution is -2.29. The summed E-state index contributed by atoms with van der Waals surface area (Å²) in [6.45, 7) is 3.07. The van der Waals surface area contributed by atoms with Gasteiger partial charge in [0.2, 0.25) is 0 Å². The van der Waals surface area contributed by atoms with E-state index in [1.54, 1.807) is 12.0 Å². The first-order chi connectivity index (χ1) is 16.6. The smallest absolute Gasteiger partial charge is 0.266 e. The van der Waals surface area contributed by atoms with E-state index >= 15 is 0 Å². The molecule has 0 aromatic heterocycles. The van der Waals surface area contributed by atoms with E-state index in [0.29, 0.717) is 39.7 Å². The van der Waals surface area contributed by atoms with Crippen molar-refractivity contribution in [3.63, 3.8) is 0 Å². The van der Waals surface area contributed by atoms with Crippen LogP contribution in [0.4, 0.5) is 5.69 Å². The third kappa shape index (κ3) is 5.82. The Hall–Kier alpha value is -3.22. The number of thioether (sulfide) groups is 1. The predicted octanol–water partition coefficient (Wildman–Crippen LogP) is 6.94. The maximum Gasteiger partial charge on any atom is 0.266 e. The van der Waals surface area contributed by atoms with Crippen molar-refractivity contribution in [2.45, 2.75) is 20.0 Å². The number of hydrogen-bond acceptors (Lipinski definition) is 5. The molecule has 0 N–H and O–H groups in total. The molecule has 1 heterocycles. The molecule has 1 aliphatic rings. The molecule has 3 aromatic carbocycles. The Labute approximate surface area is 209 Å². The van der Waals surface area contributed by atoms with Gasteiger partial charge in [-0.1, -0.05) is 54.9 Å². The van der Waals surface area contributed by atoms with E-state index in [1.807, 2.05) is 85.8 Å². The molecule has 1 aliphatic heterocycles. The van der Waals surface area contributed by atoms with Gasteiger partial charge in [-0.25, -0.2) is 4.99 Å². The Morgan fingerprint density at radius 3 is 2.50 bits per heavy atom. The number of rotatable bonds is 8. The average molecular weight is 493 g/mol. The van der Waals surface area contributed by atoms with Gasteiger partial charge in [0.25, 0.3) is 5.91 Å².